The van der Waals surface area contributed by atoms with Gasteiger partial charge in [-0.15, -0.1) is 0 Å². The van der Waals surface area contributed by atoms with Gasteiger partial charge in [0.05, 0.1) is 11.6 Å². The second kappa shape index (κ2) is 9.36. The van der Waals surface area contributed by atoms with Gasteiger partial charge in [-0.1, -0.05) is 48.5 Å². The average Bonchev–Trinajstić information content (AvgIpc) is 3.15. The fraction of sp³-hybridized carbons (Fsp3) is 0.200. The van der Waals surface area contributed by atoms with Crippen molar-refractivity contribution in [2.75, 3.05) is 13.2 Å². The van der Waals surface area contributed by atoms with E-state index in [0.717, 1.165) is 22.3 Å². The van der Waals surface area contributed by atoms with Crippen LogP contribution in [0, 0.1) is 23.0 Å². The first-order valence-corrected chi connectivity index (χ1v) is 10.2. The molecule has 1 aliphatic carbocycles. The molecule has 3 N–H and O–H groups in total. The molecule has 0 bridgehead atoms. The summed E-state index contributed by atoms with van der Waals surface area (Å²) in [6.45, 7) is -0.359. The van der Waals surface area contributed by atoms with Crippen molar-refractivity contribution in [3.63, 3.8) is 0 Å². The van der Waals surface area contributed by atoms with Crippen molar-refractivity contribution >= 4 is 6.09 Å². The molecule has 0 aliphatic heterocycles. The fourth-order valence-corrected chi connectivity index (χ4v) is 4.06. The van der Waals surface area contributed by atoms with Gasteiger partial charge in [-0.2, -0.15) is 5.26 Å². The smallest absolute Gasteiger partial charge is 0.407 e. The Labute approximate surface area is 188 Å². The van der Waals surface area contributed by atoms with Crippen molar-refractivity contribution in [3.05, 3.63) is 94.6 Å². The van der Waals surface area contributed by atoms with E-state index in [-0.39, 0.29) is 23.7 Å². The van der Waals surface area contributed by atoms with Crippen LogP contribution in [0.1, 0.15) is 34.3 Å². The van der Waals surface area contributed by atoms with Gasteiger partial charge in [0, 0.05) is 18.0 Å². The van der Waals surface area contributed by atoms with E-state index >= 15 is 0 Å². The minimum absolute atomic E-state index is 0.0697. The van der Waals surface area contributed by atoms with E-state index < -0.39 is 36.5 Å². The van der Waals surface area contributed by atoms with E-state index in [1.165, 1.54) is 0 Å². The number of halogens is 2. The van der Waals surface area contributed by atoms with E-state index in [9.17, 15) is 23.8 Å². The predicted molar refractivity (Wildman–Crippen MR) is 115 cm³/mol. The Morgan fingerprint density at radius 1 is 1.03 bits per heavy atom. The number of nitrogens with zero attached hydrogens (tertiary/aromatic N) is 1. The maximum atomic E-state index is 13.5. The number of ether oxygens (including phenoxy) is 1. The minimum Gasteiger partial charge on any atom is -0.449 e. The molecule has 3 aromatic rings. The summed E-state index contributed by atoms with van der Waals surface area (Å²) in [5.41, 5.74) is 3.66. The van der Waals surface area contributed by atoms with Crippen molar-refractivity contribution in [1.82, 2.24) is 5.32 Å². The molecule has 6 nitrogen and oxygen atoms in total. The first kappa shape index (κ1) is 22.4. The van der Waals surface area contributed by atoms with Crippen molar-refractivity contribution in [2.24, 2.45) is 0 Å². The van der Waals surface area contributed by atoms with Gasteiger partial charge in [0.2, 0.25) is 0 Å². The maximum absolute atomic E-state index is 13.5. The van der Waals surface area contributed by atoms with E-state index in [2.05, 4.69) is 5.32 Å². The Balaban J connectivity index is 1.37. The highest BCUT2D eigenvalue weighted by molar-refractivity contribution is 5.79. The van der Waals surface area contributed by atoms with Crippen LogP contribution >= 0.6 is 0 Å². The quantitative estimate of drug-likeness (QED) is 0.531. The second-order valence-electron chi connectivity index (χ2n) is 7.68. The van der Waals surface area contributed by atoms with E-state index in [1.54, 1.807) is 6.07 Å². The maximum Gasteiger partial charge on any atom is 0.407 e. The van der Waals surface area contributed by atoms with Crippen molar-refractivity contribution in [2.45, 2.75) is 18.1 Å². The van der Waals surface area contributed by atoms with Gasteiger partial charge in [-0.05, 0) is 34.4 Å². The van der Waals surface area contributed by atoms with Gasteiger partial charge in [0.1, 0.15) is 18.8 Å². The summed E-state index contributed by atoms with van der Waals surface area (Å²) < 4.78 is 32.2. The number of amides is 1. The number of rotatable bonds is 6. The lowest BCUT2D eigenvalue weighted by molar-refractivity contribution is 0.0182. The van der Waals surface area contributed by atoms with E-state index in [0.29, 0.717) is 12.1 Å². The molecular weight excluding hydrogens is 430 g/mol. The normalized spacial score (nSPS) is 14.0. The molecule has 0 heterocycles. The summed E-state index contributed by atoms with van der Waals surface area (Å²) in [6.07, 6.45) is -4.11. The van der Waals surface area contributed by atoms with Crippen LogP contribution in [0.25, 0.3) is 11.1 Å². The molecule has 0 saturated carbocycles. The third-order valence-corrected chi connectivity index (χ3v) is 5.70. The van der Waals surface area contributed by atoms with E-state index in [4.69, 9.17) is 10.00 Å². The molecule has 4 rings (SSSR count). The molecule has 1 amide bonds. The summed E-state index contributed by atoms with van der Waals surface area (Å²) in [5, 5.41) is 31.9. The van der Waals surface area contributed by atoms with Crippen LogP contribution in [0.5, 0.6) is 0 Å². The topological polar surface area (TPSA) is 103 Å². The summed E-state index contributed by atoms with van der Waals surface area (Å²) in [6, 6.07) is 18.7. The summed E-state index contributed by atoms with van der Waals surface area (Å²) in [5.74, 6) is -2.65. The van der Waals surface area contributed by atoms with Crippen LogP contribution in [-0.4, -0.2) is 35.6 Å². The number of hydrogen-bond acceptors (Lipinski definition) is 5. The lowest BCUT2D eigenvalue weighted by Crippen LogP contribution is -2.36. The molecule has 33 heavy (non-hydrogen) atoms. The zero-order valence-corrected chi connectivity index (χ0v) is 17.3. The standard InChI is InChI=1S/C25H20F2N2O4/c26-21-9-14(11-28)19(10-22(21)27)24(31)23(30)12-29-25(32)33-13-20-17-7-3-1-5-15(17)16-6-2-4-8-18(16)20/h1-10,20,23-24,30-31H,12-13H2,(H,29,32). The summed E-state index contributed by atoms with van der Waals surface area (Å²) >= 11 is 0. The Hall–Kier alpha value is -3.80. The van der Waals surface area contributed by atoms with Crippen LogP contribution in [0.2, 0.25) is 0 Å². The summed E-state index contributed by atoms with van der Waals surface area (Å²) in [4.78, 5) is 12.2. The molecule has 0 radical (unpaired) electrons. The number of nitrogens with one attached hydrogen (secondary N) is 1. The van der Waals surface area contributed by atoms with Gasteiger partial charge in [0.15, 0.2) is 11.6 Å². The molecule has 0 saturated heterocycles. The molecule has 168 valence electrons. The fourth-order valence-electron chi connectivity index (χ4n) is 4.06. The third-order valence-electron chi connectivity index (χ3n) is 5.70. The Morgan fingerprint density at radius 2 is 1.61 bits per heavy atom. The number of carbonyl (C=O) groups excluding carboxylic acids is 1. The number of aliphatic hydroxyl groups is 2. The van der Waals surface area contributed by atoms with Crippen LogP contribution < -0.4 is 5.32 Å². The van der Waals surface area contributed by atoms with Crippen LogP contribution in [0.15, 0.2) is 60.7 Å². The summed E-state index contributed by atoms with van der Waals surface area (Å²) in [7, 11) is 0. The van der Waals surface area contributed by atoms with E-state index in [1.807, 2.05) is 48.5 Å². The first-order chi connectivity index (χ1) is 15.9. The number of fused-ring (bicyclic) bond motifs is 3. The largest absolute Gasteiger partial charge is 0.449 e. The molecule has 8 heteroatoms. The predicted octanol–water partition coefficient (Wildman–Crippen LogP) is 3.77. The molecule has 0 aromatic heterocycles. The number of carbonyl (C=O) groups is 1. The van der Waals surface area contributed by atoms with Gasteiger partial charge in [-0.25, -0.2) is 13.6 Å². The number of aliphatic hydroxyl groups excluding tert-OH is 2. The van der Waals surface area contributed by atoms with Crippen LogP contribution in [0.4, 0.5) is 13.6 Å². The number of alkyl carbamates (subject to hydrolysis) is 1. The van der Waals surface area contributed by atoms with Crippen molar-refractivity contribution in [3.8, 4) is 17.2 Å². The lowest BCUT2D eigenvalue weighted by atomic mass is 9.98. The molecule has 0 spiro atoms. The number of benzene rings is 3. The van der Waals surface area contributed by atoms with Crippen LogP contribution in [0.3, 0.4) is 0 Å². The van der Waals surface area contributed by atoms with Gasteiger partial charge >= 0.3 is 6.09 Å². The first-order valence-electron chi connectivity index (χ1n) is 10.2. The molecule has 2 atom stereocenters. The zero-order chi connectivity index (χ0) is 23.5. The molecule has 2 unspecified atom stereocenters. The molecule has 0 fully saturated rings. The molecule has 3 aromatic carbocycles. The van der Waals surface area contributed by atoms with Gasteiger partial charge in [0.25, 0.3) is 0 Å². The Bertz CT molecular complexity index is 1200. The SMILES string of the molecule is N#Cc1cc(F)c(F)cc1C(O)C(O)CNC(=O)OCC1c2ccccc2-c2ccccc21. The molecule has 1 aliphatic rings. The highest BCUT2D eigenvalue weighted by Gasteiger charge is 2.29. The van der Waals surface area contributed by atoms with Gasteiger partial charge in [-0.3, -0.25) is 0 Å². The third kappa shape index (κ3) is 4.42. The van der Waals surface area contributed by atoms with Crippen molar-refractivity contribution in [1.29, 1.82) is 5.26 Å². The Morgan fingerprint density at radius 3 is 2.21 bits per heavy atom. The zero-order valence-electron chi connectivity index (χ0n) is 17.3. The second-order valence-corrected chi connectivity index (χ2v) is 7.68. The highest BCUT2D eigenvalue weighted by atomic mass is 19.2. The monoisotopic (exact) mass is 450 g/mol. The van der Waals surface area contributed by atoms with Gasteiger partial charge < -0.3 is 20.3 Å². The minimum atomic E-state index is -1.72. The Kier molecular flexibility index (Phi) is 6.36. The number of hydrogen-bond donors (Lipinski definition) is 3. The average molecular weight is 450 g/mol. The lowest BCUT2D eigenvalue weighted by Gasteiger charge is -2.20. The molecular formula is C25H20F2N2O4. The van der Waals surface area contributed by atoms with Crippen molar-refractivity contribution < 1.29 is 28.5 Å². The highest BCUT2D eigenvalue weighted by Crippen LogP contribution is 2.44. The number of nitriles is 1. The van der Waals surface area contributed by atoms with Crippen LogP contribution in [-0.2, 0) is 4.74 Å².